The summed E-state index contributed by atoms with van der Waals surface area (Å²) in [7, 11) is 0. The average Bonchev–Trinajstić information content (AvgIpc) is 2.10. The van der Waals surface area contributed by atoms with Gasteiger partial charge in [-0.15, -0.1) is 0 Å². The third-order valence-corrected chi connectivity index (χ3v) is 1.67. The monoisotopic (exact) mass is 177 g/mol. The van der Waals surface area contributed by atoms with Gasteiger partial charge in [0.25, 0.3) is 0 Å². The van der Waals surface area contributed by atoms with Crippen LogP contribution in [-0.2, 0) is 0 Å². The van der Waals surface area contributed by atoms with Gasteiger partial charge in [-0.1, -0.05) is 24.8 Å². The maximum Gasteiger partial charge on any atom is 0.0469 e. The molecule has 0 unspecified atom stereocenters. The predicted molar refractivity (Wildman–Crippen MR) is 61.1 cm³/mol. The summed E-state index contributed by atoms with van der Waals surface area (Å²) in [6.45, 7) is 11.8. The highest BCUT2D eigenvalue weighted by molar-refractivity contribution is 5.80. The van der Waals surface area contributed by atoms with Gasteiger partial charge in [0.15, 0.2) is 0 Å². The van der Waals surface area contributed by atoms with Crippen LogP contribution in [0.3, 0.4) is 0 Å². The van der Waals surface area contributed by atoms with Gasteiger partial charge >= 0.3 is 0 Å². The van der Waals surface area contributed by atoms with Gasteiger partial charge in [0.05, 0.1) is 0 Å². The van der Waals surface area contributed by atoms with E-state index in [-0.39, 0.29) is 0 Å². The van der Waals surface area contributed by atoms with Gasteiger partial charge in [-0.05, 0) is 33.3 Å². The van der Waals surface area contributed by atoms with Crippen molar-refractivity contribution in [3.05, 3.63) is 36.1 Å². The van der Waals surface area contributed by atoms with Crippen molar-refractivity contribution in [1.29, 1.82) is 0 Å². The average molecular weight is 177 g/mol. The van der Waals surface area contributed by atoms with Crippen LogP contribution in [0.15, 0.2) is 41.1 Å². The molecule has 0 radical (unpaired) electrons. The minimum Gasteiger partial charge on any atom is -0.262 e. The molecule has 0 N–H and O–H groups in total. The zero-order valence-electron chi connectivity index (χ0n) is 9.09. The van der Waals surface area contributed by atoms with Crippen LogP contribution in [0.2, 0.25) is 0 Å². The quantitative estimate of drug-likeness (QED) is 0.351. The Bertz CT molecular complexity index is 250. The molecule has 0 atom stereocenters. The van der Waals surface area contributed by atoms with E-state index in [4.69, 9.17) is 0 Å². The second-order valence-corrected chi connectivity index (χ2v) is 3.17. The van der Waals surface area contributed by atoms with Crippen molar-refractivity contribution in [2.45, 2.75) is 34.1 Å². The van der Waals surface area contributed by atoms with Crippen molar-refractivity contribution in [3.8, 4) is 0 Å². The van der Waals surface area contributed by atoms with E-state index in [0.717, 1.165) is 23.4 Å². The summed E-state index contributed by atoms with van der Waals surface area (Å²) in [4.78, 5) is 4.46. The fourth-order valence-electron chi connectivity index (χ4n) is 0.912. The number of aliphatic imine (C=N–C) groups is 1. The highest BCUT2D eigenvalue weighted by Gasteiger charge is 1.95. The molecule has 0 saturated heterocycles. The molecule has 13 heavy (non-hydrogen) atoms. The summed E-state index contributed by atoms with van der Waals surface area (Å²) in [5, 5.41) is 0. The molecule has 0 aliphatic carbocycles. The lowest BCUT2D eigenvalue weighted by Gasteiger charge is -2.02. The molecule has 0 amide bonds. The highest BCUT2D eigenvalue weighted by Crippen LogP contribution is 2.12. The number of allylic oxidation sites excluding steroid dienone is 4. The van der Waals surface area contributed by atoms with Crippen LogP contribution < -0.4 is 0 Å². The molecule has 0 bridgehead atoms. The van der Waals surface area contributed by atoms with Crippen LogP contribution in [0.4, 0.5) is 0 Å². The molecule has 0 aromatic carbocycles. The van der Waals surface area contributed by atoms with Crippen molar-refractivity contribution >= 4 is 5.71 Å². The topological polar surface area (TPSA) is 12.4 Å². The van der Waals surface area contributed by atoms with E-state index < -0.39 is 0 Å². The van der Waals surface area contributed by atoms with Gasteiger partial charge in [-0.2, -0.15) is 0 Å². The van der Waals surface area contributed by atoms with E-state index in [1.165, 1.54) is 0 Å². The highest BCUT2D eigenvalue weighted by atomic mass is 14.7. The summed E-state index contributed by atoms with van der Waals surface area (Å²) in [6, 6.07) is 0. The minimum atomic E-state index is 0.888. The Hall–Kier alpha value is -1.11. The predicted octanol–water partition coefficient (Wildman–Crippen LogP) is 3.89. The SMILES string of the molecule is C=C/C(C)=C(\C/C=C\C)N=C(C)C. The van der Waals surface area contributed by atoms with E-state index in [1.54, 1.807) is 0 Å². The van der Waals surface area contributed by atoms with E-state index in [9.17, 15) is 0 Å². The second-order valence-electron chi connectivity index (χ2n) is 3.17. The normalized spacial score (nSPS) is 12.6. The van der Waals surface area contributed by atoms with E-state index in [2.05, 4.69) is 17.6 Å². The second kappa shape index (κ2) is 6.41. The Morgan fingerprint density at radius 1 is 1.31 bits per heavy atom. The fraction of sp³-hybridized carbons (Fsp3) is 0.417. The Balaban J connectivity index is 4.75. The van der Waals surface area contributed by atoms with Crippen molar-refractivity contribution in [2.24, 2.45) is 4.99 Å². The molecule has 0 aliphatic rings. The zero-order chi connectivity index (χ0) is 10.3. The zero-order valence-corrected chi connectivity index (χ0v) is 9.09. The molecule has 0 aliphatic heterocycles. The number of rotatable bonds is 4. The molecule has 0 fully saturated rings. The van der Waals surface area contributed by atoms with Crippen LogP contribution >= 0.6 is 0 Å². The van der Waals surface area contributed by atoms with E-state index in [0.29, 0.717) is 0 Å². The van der Waals surface area contributed by atoms with Crippen molar-refractivity contribution < 1.29 is 0 Å². The Morgan fingerprint density at radius 2 is 1.92 bits per heavy atom. The molecule has 0 aromatic rings. The molecule has 1 heteroatoms. The molecular weight excluding hydrogens is 158 g/mol. The summed E-state index contributed by atoms with van der Waals surface area (Å²) in [5.74, 6) is 0. The minimum absolute atomic E-state index is 0.888. The Kier molecular flexibility index (Phi) is 5.86. The van der Waals surface area contributed by atoms with Crippen LogP contribution in [0.25, 0.3) is 0 Å². The summed E-state index contributed by atoms with van der Waals surface area (Å²) in [6.07, 6.45) is 6.89. The lowest BCUT2D eigenvalue weighted by molar-refractivity contribution is 1.11. The molecule has 0 spiro atoms. The van der Waals surface area contributed by atoms with Gasteiger partial charge in [0.1, 0.15) is 0 Å². The first-order valence-electron chi connectivity index (χ1n) is 4.57. The maximum atomic E-state index is 4.46. The Labute approximate surface area is 81.6 Å². The molecule has 72 valence electrons. The third-order valence-electron chi connectivity index (χ3n) is 1.67. The van der Waals surface area contributed by atoms with Crippen molar-refractivity contribution in [1.82, 2.24) is 0 Å². The van der Waals surface area contributed by atoms with Crippen LogP contribution in [0.5, 0.6) is 0 Å². The maximum absolute atomic E-state index is 4.46. The number of hydrogen-bond donors (Lipinski definition) is 0. The third kappa shape index (κ3) is 5.18. The lowest BCUT2D eigenvalue weighted by atomic mass is 10.1. The van der Waals surface area contributed by atoms with Gasteiger partial charge in [0.2, 0.25) is 0 Å². The van der Waals surface area contributed by atoms with Crippen LogP contribution in [-0.4, -0.2) is 5.71 Å². The molecule has 0 heterocycles. The molecule has 0 rings (SSSR count). The fourth-order valence-corrected chi connectivity index (χ4v) is 0.912. The van der Waals surface area contributed by atoms with Gasteiger partial charge in [-0.3, -0.25) is 4.99 Å². The Morgan fingerprint density at radius 3 is 2.31 bits per heavy atom. The molecule has 1 nitrogen and oxygen atoms in total. The summed E-state index contributed by atoms with van der Waals surface area (Å²) in [5.41, 5.74) is 3.34. The molecular formula is C12H19N. The van der Waals surface area contributed by atoms with Crippen LogP contribution in [0, 0.1) is 0 Å². The smallest absolute Gasteiger partial charge is 0.0469 e. The number of hydrogen-bond acceptors (Lipinski definition) is 1. The first-order chi connectivity index (χ1) is 6.11. The summed E-state index contributed by atoms with van der Waals surface area (Å²) >= 11 is 0. The standard InChI is InChI=1S/C12H19N/c1-6-8-9-12(11(5)7-2)13-10(3)4/h6-8H,2,9H2,1,3-5H3/b8-6-,12-11+. The van der Waals surface area contributed by atoms with Crippen LogP contribution in [0.1, 0.15) is 34.1 Å². The van der Waals surface area contributed by atoms with Gasteiger partial charge in [0, 0.05) is 17.8 Å². The first kappa shape index (κ1) is 11.9. The van der Waals surface area contributed by atoms with Crippen molar-refractivity contribution in [2.75, 3.05) is 0 Å². The van der Waals surface area contributed by atoms with E-state index >= 15 is 0 Å². The lowest BCUT2D eigenvalue weighted by Crippen LogP contribution is -1.87. The first-order valence-corrected chi connectivity index (χ1v) is 4.57. The van der Waals surface area contributed by atoms with Crippen molar-refractivity contribution in [3.63, 3.8) is 0 Å². The van der Waals surface area contributed by atoms with E-state index in [1.807, 2.05) is 39.8 Å². The summed E-state index contributed by atoms with van der Waals surface area (Å²) < 4.78 is 0. The van der Waals surface area contributed by atoms with Gasteiger partial charge < -0.3 is 0 Å². The number of nitrogens with zero attached hydrogens (tertiary/aromatic N) is 1. The molecule has 0 saturated carbocycles. The van der Waals surface area contributed by atoms with Gasteiger partial charge in [-0.25, -0.2) is 0 Å². The largest absolute Gasteiger partial charge is 0.262 e. The molecule has 0 aromatic heterocycles.